The van der Waals surface area contributed by atoms with Crippen LogP contribution in [0.15, 0.2) is 42.5 Å². The van der Waals surface area contributed by atoms with Crippen LogP contribution in [-0.2, 0) is 4.79 Å². The number of carbonyl (C=O) groups excluding carboxylic acids is 1. The van der Waals surface area contributed by atoms with Crippen LogP contribution < -0.4 is 19.7 Å². The molecule has 4 rings (SSSR count). The summed E-state index contributed by atoms with van der Waals surface area (Å²) in [6.45, 7) is 6.39. The summed E-state index contributed by atoms with van der Waals surface area (Å²) in [5.41, 5.74) is 3.32. The van der Waals surface area contributed by atoms with E-state index >= 15 is 0 Å². The summed E-state index contributed by atoms with van der Waals surface area (Å²) >= 11 is 0. The standard InChI is InChI=1S/C20H23N3O3/c1-15-4-2-3-5-17(15)23-10-8-22(9-11-23)13-20(24)21-16-6-7-18-19(12-16)26-14-25-18/h2-7,12H,8-11,13-14H2,1H3,(H,21,24). The van der Waals surface area contributed by atoms with E-state index in [4.69, 9.17) is 9.47 Å². The van der Waals surface area contributed by atoms with Gasteiger partial charge >= 0.3 is 0 Å². The zero-order chi connectivity index (χ0) is 17.9. The third-order valence-electron chi connectivity index (χ3n) is 4.85. The molecule has 0 radical (unpaired) electrons. The second kappa shape index (κ2) is 7.25. The molecule has 0 spiro atoms. The van der Waals surface area contributed by atoms with E-state index in [-0.39, 0.29) is 12.7 Å². The van der Waals surface area contributed by atoms with Crippen LogP contribution in [0, 0.1) is 6.92 Å². The van der Waals surface area contributed by atoms with Gasteiger partial charge in [-0.25, -0.2) is 0 Å². The minimum absolute atomic E-state index is 0.00629. The van der Waals surface area contributed by atoms with Crippen LogP contribution >= 0.6 is 0 Å². The average Bonchev–Trinajstić information content (AvgIpc) is 3.11. The van der Waals surface area contributed by atoms with Crippen LogP contribution in [0.1, 0.15) is 5.56 Å². The lowest BCUT2D eigenvalue weighted by atomic mass is 10.1. The van der Waals surface area contributed by atoms with Gasteiger partial charge in [0.05, 0.1) is 6.54 Å². The van der Waals surface area contributed by atoms with Gasteiger partial charge in [-0.3, -0.25) is 9.69 Å². The third-order valence-corrected chi connectivity index (χ3v) is 4.85. The molecular weight excluding hydrogens is 330 g/mol. The molecule has 6 nitrogen and oxygen atoms in total. The van der Waals surface area contributed by atoms with Crippen LogP contribution in [0.5, 0.6) is 11.5 Å². The molecule has 1 saturated heterocycles. The van der Waals surface area contributed by atoms with Gasteiger partial charge in [-0.1, -0.05) is 18.2 Å². The predicted molar refractivity (Wildman–Crippen MR) is 101 cm³/mol. The fourth-order valence-electron chi connectivity index (χ4n) is 3.44. The number of anilines is 2. The number of ether oxygens (including phenoxy) is 2. The van der Waals surface area contributed by atoms with Gasteiger partial charge < -0.3 is 19.7 Å². The largest absolute Gasteiger partial charge is 0.454 e. The molecule has 0 aliphatic carbocycles. The summed E-state index contributed by atoms with van der Waals surface area (Å²) in [4.78, 5) is 16.9. The minimum atomic E-state index is -0.00629. The van der Waals surface area contributed by atoms with Crippen LogP contribution in [0.4, 0.5) is 11.4 Å². The Morgan fingerprint density at radius 2 is 1.81 bits per heavy atom. The van der Waals surface area contributed by atoms with Crippen LogP contribution in [-0.4, -0.2) is 50.3 Å². The lowest BCUT2D eigenvalue weighted by Gasteiger charge is -2.36. The maximum atomic E-state index is 12.3. The number of para-hydroxylation sites is 1. The van der Waals surface area contributed by atoms with Crippen molar-refractivity contribution in [2.45, 2.75) is 6.92 Å². The van der Waals surface area contributed by atoms with Crippen LogP contribution in [0.25, 0.3) is 0 Å². The monoisotopic (exact) mass is 353 g/mol. The van der Waals surface area contributed by atoms with Gasteiger partial charge in [0.2, 0.25) is 12.7 Å². The fourth-order valence-corrected chi connectivity index (χ4v) is 3.44. The molecule has 6 heteroatoms. The number of hydrogen-bond donors (Lipinski definition) is 1. The van der Waals surface area contributed by atoms with E-state index in [1.165, 1.54) is 11.3 Å². The van der Waals surface area contributed by atoms with E-state index in [0.29, 0.717) is 12.3 Å². The Morgan fingerprint density at radius 1 is 1.04 bits per heavy atom. The number of hydrogen-bond acceptors (Lipinski definition) is 5. The Morgan fingerprint density at radius 3 is 2.62 bits per heavy atom. The van der Waals surface area contributed by atoms with Gasteiger partial charge in [0.25, 0.3) is 0 Å². The van der Waals surface area contributed by atoms with Crippen molar-refractivity contribution >= 4 is 17.3 Å². The van der Waals surface area contributed by atoms with Gasteiger partial charge in [-0.2, -0.15) is 0 Å². The number of carbonyl (C=O) groups is 1. The van der Waals surface area contributed by atoms with Crippen LogP contribution in [0.3, 0.4) is 0 Å². The van der Waals surface area contributed by atoms with E-state index in [1.807, 2.05) is 12.1 Å². The Labute approximate surface area is 153 Å². The molecule has 2 aromatic rings. The fraction of sp³-hybridized carbons (Fsp3) is 0.350. The first-order chi connectivity index (χ1) is 12.7. The minimum Gasteiger partial charge on any atom is -0.454 e. The summed E-state index contributed by atoms with van der Waals surface area (Å²) < 4.78 is 10.6. The first kappa shape index (κ1) is 16.7. The smallest absolute Gasteiger partial charge is 0.238 e. The average molecular weight is 353 g/mol. The maximum Gasteiger partial charge on any atom is 0.238 e. The summed E-state index contributed by atoms with van der Waals surface area (Å²) in [5, 5.41) is 2.94. The number of rotatable bonds is 4. The van der Waals surface area contributed by atoms with Gasteiger partial charge in [-0.15, -0.1) is 0 Å². The molecule has 2 aliphatic heterocycles. The van der Waals surface area contributed by atoms with Gasteiger partial charge in [0, 0.05) is 43.6 Å². The number of nitrogens with one attached hydrogen (secondary N) is 1. The van der Waals surface area contributed by atoms with Crippen molar-refractivity contribution in [1.82, 2.24) is 4.90 Å². The second-order valence-corrected chi connectivity index (χ2v) is 6.67. The molecule has 1 amide bonds. The molecule has 1 N–H and O–H groups in total. The van der Waals surface area contributed by atoms with Crippen LogP contribution in [0.2, 0.25) is 0 Å². The second-order valence-electron chi connectivity index (χ2n) is 6.67. The van der Waals surface area contributed by atoms with Crippen molar-refractivity contribution in [3.05, 3.63) is 48.0 Å². The zero-order valence-corrected chi connectivity index (χ0v) is 14.9. The van der Waals surface area contributed by atoms with E-state index in [9.17, 15) is 4.79 Å². The number of nitrogens with zero attached hydrogens (tertiary/aromatic N) is 2. The number of amides is 1. The summed E-state index contributed by atoms with van der Waals surface area (Å²) in [6.07, 6.45) is 0. The zero-order valence-electron chi connectivity index (χ0n) is 14.9. The Kier molecular flexibility index (Phi) is 4.67. The molecule has 136 valence electrons. The van der Waals surface area contributed by atoms with Gasteiger partial charge in [-0.05, 0) is 30.7 Å². The molecule has 1 fully saturated rings. The van der Waals surface area contributed by atoms with Crippen molar-refractivity contribution in [2.75, 3.05) is 49.7 Å². The Hall–Kier alpha value is -2.73. The molecule has 0 saturated carbocycles. The highest BCUT2D eigenvalue weighted by molar-refractivity contribution is 5.92. The molecule has 0 aromatic heterocycles. The lowest BCUT2D eigenvalue weighted by Crippen LogP contribution is -2.48. The molecule has 2 heterocycles. The molecule has 0 atom stereocenters. The molecule has 0 unspecified atom stereocenters. The predicted octanol–water partition coefficient (Wildman–Crippen LogP) is 2.48. The summed E-state index contributed by atoms with van der Waals surface area (Å²) in [7, 11) is 0. The Bertz CT molecular complexity index is 801. The Balaban J connectivity index is 1.29. The number of benzene rings is 2. The highest BCUT2D eigenvalue weighted by Crippen LogP contribution is 2.34. The molecule has 2 aliphatic rings. The first-order valence-corrected chi connectivity index (χ1v) is 8.91. The van der Waals surface area contributed by atoms with Crippen molar-refractivity contribution in [3.63, 3.8) is 0 Å². The number of piperazine rings is 1. The van der Waals surface area contributed by atoms with Crippen molar-refractivity contribution in [2.24, 2.45) is 0 Å². The molecule has 2 aromatic carbocycles. The quantitative estimate of drug-likeness (QED) is 0.915. The molecule has 26 heavy (non-hydrogen) atoms. The molecule has 0 bridgehead atoms. The number of fused-ring (bicyclic) bond motifs is 1. The maximum absolute atomic E-state index is 12.3. The van der Waals surface area contributed by atoms with Gasteiger partial charge in [0.1, 0.15) is 0 Å². The highest BCUT2D eigenvalue weighted by Gasteiger charge is 2.20. The number of aryl methyl sites for hydroxylation is 1. The molecular formula is C20H23N3O3. The third kappa shape index (κ3) is 3.60. The van der Waals surface area contributed by atoms with Gasteiger partial charge in [0.15, 0.2) is 11.5 Å². The summed E-state index contributed by atoms with van der Waals surface area (Å²) in [5.74, 6) is 1.39. The van der Waals surface area contributed by atoms with Crippen molar-refractivity contribution in [3.8, 4) is 11.5 Å². The van der Waals surface area contributed by atoms with E-state index in [1.54, 1.807) is 6.07 Å². The highest BCUT2D eigenvalue weighted by atomic mass is 16.7. The first-order valence-electron chi connectivity index (χ1n) is 8.91. The van der Waals surface area contributed by atoms with Crippen molar-refractivity contribution in [1.29, 1.82) is 0 Å². The van der Waals surface area contributed by atoms with E-state index in [0.717, 1.165) is 37.6 Å². The van der Waals surface area contributed by atoms with E-state index in [2.05, 4.69) is 46.3 Å². The SMILES string of the molecule is Cc1ccccc1N1CCN(CC(=O)Nc2ccc3c(c2)OCO3)CC1. The van der Waals surface area contributed by atoms with E-state index < -0.39 is 0 Å². The lowest BCUT2D eigenvalue weighted by molar-refractivity contribution is -0.117. The normalized spacial score (nSPS) is 16.6. The topological polar surface area (TPSA) is 54.0 Å². The van der Waals surface area contributed by atoms with Crippen molar-refractivity contribution < 1.29 is 14.3 Å². The summed E-state index contributed by atoms with van der Waals surface area (Å²) in [6, 6.07) is 13.9.